The summed E-state index contributed by atoms with van der Waals surface area (Å²) in [6.07, 6.45) is 7.85. The summed E-state index contributed by atoms with van der Waals surface area (Å²) in [6.45, 7) is 12.8. The molecule has 386 valence electrons. The number of fused-ring (bicyclic) bond motifs is 1. The normalized spacial score (nSPS) is 20.3. The molecule has 9 N–H and O–H groups in total. The quantitative estimate of drug-likeness (QED) is 0.0978. The van der Waals surface area contributed by atoms with E-state index in [0.29, 0.717) is 56.8 Å². The van der Waals surface area contributed by atoms with Gasteiger partial charge in [0.25, 0.3) is 0 Å². The fourth-order valence-corrected chi connectivity index (χ4v) is 12.8. The molecular formula is C49H75B4N5O11S2. The number of benzene rings is 3. The van der Waals surface area contributed by atoms with Crippen molar-refractivity contribution in [2.45, 2.75) is 125 Å². The lowest BCUT2D eigenvalue weighted by atomic mass is 9.67. The molecule has 5 saturated heterocycles. The molecule has 71 heavy (non-hydrogen) atoms. The largest absolute Gasteiger partial charge is 0.454 e. The molecule has 3 aromatic carbocycles. The zero-order valence-corrected chi connectivity index (χ0v) is 43.1. The summed E-state index contributed by atoms with van der Waals surface area (Å²) < 4.78 is 27.5. The highest BCUT2D eigenvalue weighted by Crippen LogP contribution is 2.34. The molecule has 1 atom stereocenters. The molecule has 1 amide bonds. The second-order valence-corrected chi connectivity index (χ2v) is 23.0. The van der Waals surface area contributed by atoms with E-state index in [1.165, 1.54) is 30.4 Å². The molecule has 5 aliphatic rings. The predicted octanol–water partition coefficient (Wildman–Crippen LogP) is 3.60. The zero-order valence-electron chi connectivity index (χ0n) is 41.5. The first kappa shape index (κ1) is 57.1. The minimum absolute atomic E-state index is 0.00407. The van der Waals surface area contributed by atoms with Crippen molar-refractivity contribution in [2.75, 3.05) is 58.9 Å². The van der Waals surface area contributed by atoms with Crippen molar-refractivity contribution >= 4 is 65.8 Å². The van der Waals surface area contributed by atoms with E-state index in [4.69, 9.17) is 30.1 Å². The molecule has 5 aliphatic heterocycles. The van der Waals surface area contributed by atoms with Gasteiger partial charge in [0, 0.05) is 48.8 Å². The Morgan fingerprint density at radius 2 is 1.06 bits per heavy atom. The van der Waals surface area contributed by atoms with E-state index in [-0.39, 0.29) is 35.2 Å². The number of likely N-dealkylation sites (tertiary alicyclic amines) is 3. The molecule has 22 heteroatoms. The van der Waals surface area contributed by atoms with Crippen LogP contribution in [0.15, 0.2) is 83.8 Å². The third-order valence-corrected chi connectivity index (χ3v) is 18.0. The number of carbonyl (C=O) groups excluding carboxylic acids is 1. The number of rotatable bonds is 11. The predicted molar refractivity (Wildman–Crippen MR) is 284 cm³/mol. The van der Waals surface area contributed by atoms with Crippen molar-refractivity contribution in [2.24, 2.45) is 0 Å². The van der Waals surface area contributed by atoms with Gasteiger partial charge in [0.1, 0.15) is 0 Å². The van der Waals surface area contributed by atoms with E-state index in [1.54, 1.807) is 24.3 Å². The summed E-state index contributed by atoms with van der Waals surface area (Å²) in [5.41, 5.74) is 3.74. The SMILES string of the molecule is Cc1c(CN2CCC(B(O)O)CC2)sc2ccccc12.Cc1ccc(S(=O)(=O)N2CCC(B(O)O)CC2)cc1.O=C([C@H]1CCCN1)N1CCC(B(O)O)CC1.OB(O)C1CCN(Cc2ccccc2)CC1. The second kappa shape index (κ2) is 27.9. The van der Waals surface area contributed by atoms with Gasteiger partial charge in [0.2, 0.25) is 15.9 Å². The summed E-state index contributed by atoms with van der Waals surface area (Å²) in [4.78, 5) is 20.4. The molecule has 0 bridgehead atoms. The molecule has 0 aliphatic carbocycles. The van der Waals surface area contributed by atoms with E-state index >= 15 is 0 Å². The Labute approximate surface area is 426 Å². The van der Waals surface area contributed by atoms with Gasteiger partial charge >= 0.3 is 28.5 Å². The van der Waals surface area contributed by atoms with Crippen LogP contribution in [0.5, 0.6) is 0 Å². The highest BCUT2D eigenvalue weighted by Gasteiger charge is 2.35. The third-order valence-electron chi connectivity index (χ3n) is 14.9. The number of sulfonamides is 1. The molecule has 16 nitrogen and oxygen atoms in total. The van der Waals surface area contributed by atoms with Crippen LogP contribution in [-0.2, 0) is 27.9 Å². The Morgan fingerprint density at radius 1 is 0.592 bits per heavy atom. The summed E-state index contributed by atoms with van der Waals surface area (Å²) >= 11 is 1.88. The summed E-state index contributed by atoms with van der Waals surface area (Å²) in [6, 6.07) is 25.7. The minimum atomic E-state index is -3.46. The Hall–Kier alpha value is -3.18. The van der Waals surface area contributed by atoms with Gasteiger partial charge in [-0.2, -0.15) is 4.31 Å². The number of nitrogens with zero attached hydrogens (tertiary/aromatic N) is 4. The van der Waals surface area contributed by atoms with Crippen molar-refractivity contribution in [3.05, 3.63) is 100 Å². The lowest BCUT2D eigenvalue weighted by Gasteiger charge is -2.33. The van der Waals surface area contributed by atoms with Crippen LogP contribution < -0.4 is 5.32 Å². The summed E-state index contributed by atoms with van der Waals surface area (Å²) in [5, 5.41) is 77.5. The Bertz CT molecular complexity index is 2300. The van der Waals surface area contributed by atoms with E-state index in [0.717, 1.165) is 89.9 Å². The Morgan fingerprint density at radius 3 is 1.54 bits per heavy atom. The molecular weight excluding hydrogens is 942 g/mol. The van der Waals surface area contributed by atoms with Gasteiger partial charge in [0.15, 0.2) is 0 Å². The van der Waals surface area contributed by atoms with Crippen LogP contribution in [-0.4, -0.2) is 167 Å². The average molecular weight is 1020 g/mol. The number of nitrogens with one attached hydrogen (secondary N) is 1. The van der Waals surface area contributed by atoms with Crippen molar-refractivity contribution < 1.29 is 53.4 Å². The lowest BCUT2D eigenvalue weighted by Crippen LogP contribution is -2.47. The Balaban J connectivity index is 0.000000156. The van der Waals surface area contributed by atoms with Crippen molar-refractivity contribution in [3.63, 3.8) is 0 Å². The minimum Gasteiger partial charge on any atom is -0.427 e. The second-order valence-electron chi connectivity index (χ2n) is 19.9. The van der Waals surface area contributed by atoms with Crippen LogP contribution in [0.1, 0.15) is 85.8 Å². The van der Waals surface area contributed by atoms with Crippen molar-refractivity contribution in [1.29, 1.82) is 0 Å². The van der Waals surface area contributed by atoms with Gasteiger partial charge in [0.05, 0.1) is 10.9 Å². The topological polar surface area (TPSA) is 238 Å². The highest BCUT2D eigenvalue weighted by molar-refractivity contribution is 7.89. The number of piperidine rings is 4. The highest BCUT2D eigenvalue weighted by atomic mass is 32.2. The van der Waals surface area contributed by atoms with Gasteiger partial charge in [-0.1, -0.05) is 66.2 Å². The maximum absolute atomic E-state index is 12.4. The van der Waals surface area contributed by atoms with E-state index in [1.807, 2.05) is 29.2 Å². The molecule has 0 saturated carbocycles. The van der Waals surface area contributed by atoms with E-state index in [9.17, 15) is 23.3 Å². The molecule has 6 heterocycles. The van der Waals surface area contributed by atoms with Crippen LogP contribution in [0, 0.1) is 13.8 Å². The zero-order chi connectivity index (χ0) is 51.1. The van der Waals surface area contributed by atoms with Crippen LogP contribution in [0.3, 0.4) is 0 Å². The fourth-order valence-electron chi connectivity index (χ4n) is 10.0. The van der Waals surface area contributed by atoms with E-state index in [2.05, 4.69) is 70.6 Å². The molecule has 9 rings (SSSR count). The van der Waals surface area contributed by atoms with Crippen LogP contribution in [0.4, 0.5) is 0 Å². The number of thiophene rings is 1. The van der Waals surface area contributed by atoms with E-state index < -0.39 is 38.5 Å². The molecule has 0 radical (unpaired) electrons. The maximum Gasteiger partial charge on any atom is 0.454 e. The van der Waals surface area contributed by atoms with Gasteiger partial charge in [-0.05, 0) is 169 Å². The third kappa shape index (κ3) is 16.9. The number of hydrogen-bond donors (Lipinski definition) is 9. The van der Waals surface area contributed by atoms with Crippen LogP contribution in [0.25, 0.3) is 10.1 Å². The smallest absolute Gasteiger partial charge is 0.427 e. The number of amides is 1. The molecule has 1 aromatic heterocycles. The van der Waals surface area contributed by atoms with Crippen molar-refractivity contribution in [1.82, 2.24) is 24.3 Å². The Kier molecular flexibility index (Phi) is 22.5. The molecule has 4 aromatic rings. The number of carbonyl (C=O) groups is 1. The number of hydrogen-bond acceptors (Lipinski definition) is 15. The van der Waals surface area contributed by atoms with Crippen LogP contribution in [0.2, 0.25) is 23.3 Å². The van der Waals surface area contributed by atoms with Gasteiger partial charge in [-0.15, -0.1) is 11.3 Å². The molecule has 0 unspecified atom stereocenters. The van der Waals surface area contributed by atoms with Crippen LogP contribution >= 0.6 is 11.3 Å². The summed E-state index contributed by atoms with van der Waals surface area (Å²) in [5.74, 6) is -0.00443. The van der Waals surface area contributed by atoms with Crippen molar-refractivity contribution in [3.8, 4) is 0 Å². The van der Waals surface area contributed by atoms with Gasteiger partial charge in [-0.25, -0.2) is 8.42 Å². The fraction of sp³-hybridized carbons (Fsp3) is 0.571. The lowest BCUT2D eigenvalue weighted by molar-refractivity contribution is -0.134. The first-order chi connectivity index (χ1) is 34.0. The maximum atomic E-state index is 12.4. The average Bonchev–Trinajstić information content (AvgIpc) is 4.03. The number of aryl methyl sites for hydroxylation is 2. The van der Waals surface area contributed by atoms with Gasteiger partial charge < -0.3 is 50.4 Å². The summed E-state index contributed by atoms with van der Waals surface area (Å²) in [7, 11) is -8.34. The first-order valence-corrected chi connectivity index (χ1v) is 27.7. The molecule has 0 spiro atoms. The monoisotopic (exact) mass is 1020 g/mol. The first-order valence-electron chi connectivity index (χ1n) is 25.5. The molecule has 5 fully saturated rings. The van der Waals surface area contributed by atoms with Gasteiger partial charge in [-0.3, -0.25) is 14.6 Å². The standard InChI is InChI=1S/C15H20BNO2S.C12H18BNO4S.C12H18BNO2.C10H19BN2O3/c1-11-13-4-2-3-5-14(13)20-15(11)10-17-8-6-12(7-9-17)16(18)19;1-10-2-4-12(5-3-10)19(17,18)14-8-6-11(7-9-14)13(15)16;15-13(16)12-6-8-14(9-7-12)10-11-4-2-1-3-5-11;14-10(9-2-1-5-12-9)13-6-3-8(4-7-13)11(15)16/h2-5,12,18-19H,6-10H2,1H3;2-5,11,15-16H,6-9H2,1H3;1-5,12,15-16H,6-10H2;8-9,12,15-16H,1-7H2/t;;;9-/m...1/s1.